The molecule has 1 aromatic carbocycles. The summed E-state index contributed by atoms with van der Waals surface area (Å²) >= 11 is 0. The summed E-state index contributed by atoms with van der Waals surface area (Å²) in [5.41, 5.74) is 8.20. The summed E-state index contributed by atoms with van der Waals surface area (Å²) < 4.78 is 1.95. The summed E-state index contributed by atoms with van der Waals surface area (Å²) in [5, 5.41) is 0. The highest BCUT2D eigenvalue weighted by molar-refractivity contribution is 5.96. The maximum Gasteiger partial charge on any atom is 0.248 e. The van der Waals surface area contributed by atoms with Crippen molar-refractivity contribution in [2.24, 2.45) is 12.8 Å². The molecule has 0 spiro atoms. The fourth-order valence-corrected chi connectivity index (χ4v) is 2.08. The molecule has 0 atom stereocenters. The van der Waals surface area contributed by atoms with Gasteiger partial charge in [0.05, 0.1) is 11.0 Å². The van der Waals surface area contributed by atoms with E-state index >= 15 is 0 Å². The van der Waals surface area contributed by atoms with Crippen molar-refractivity contribution in [3.05, 3.63) is 48.2 Å². The van der Waals surface area contributed by atoms with E-state index in [1.807, 2.05) is 35.9 Å². The maximum atomic E-state index is 11.2. The standard InChI is InChI=1S/C14H12N4O/c1-18-12-6-5-9(13(15)19)8-11(12)17-14(18)10-4-2-3-7-16-10/h2-8H,1H3,(H2,15,19). The predicted molar refractivity (Wildman–Crippen MR) is 72.5 cm³/mol. The molecule has 0 saturated heterocycles. The summed E-state index contributed by atoms with van der Waals surface area (Å²) in [5.74, 6) is 0.309. The van der Waals surface area contributed by atoms with E-state index in [1.54, 1.807) is 18.3 Å². The first-order chi connectivity index (χ1) is 9.16. The Morgan fingerprint density at radius 1 is 1.26 bits per heavy atom. The smallest absolute Gasteiger partial charge is 0.248 e. The van der Waals surface area contributed by atoms with Crippen molar-refractivity contribution in [3.8, 4) is 11.5 Å². The monoisotopic (exact) mass is 252 g/mol. The highest BCUT2D eigenvalue weighted by atomic mass is 16.1. The Kier molecular flexibility index (Phi) is 2.52. The van der Waals surface area contributed by atoms with Crippen LogP contribution in [0.15, 0.2) is 42.6 Å². The zero-order valence-electron chi connectivity index (χ0n) is 10.4. The van der Waals surface area contributed by atoms with Gasteiger partial charge in [0.1, 0.15) is 5.69 Å². The van der Waals surface area contributed by atoms with Gasteiger partial charge in [-0.1, -0.05) is 6.07 Å². The van der Waals surface area contributed by atoms with E-state index in [9.17, 15) is 4.79 Å². The molecule has 3 aromatic rings. The highest BCUT2D eigenvalue weighted by Gasteiger charge is 2.12. The van der Waals surface area contributed by atoms with Gasteiger partial charge in [0.25, 0.3) is 0 Å². The van der Waals surface area contributed by atoms with Gasteiger partial charge in [0.15, 0.2) is 5.82 Å². The van der Waals surface area contributed by atoms with Gasteiger partial charge >= 0.3 is 0 Å². The van der Waals surface area contributed by atoms with Crippen molar-refractivity contribution < 1.29 is 4.79 Å². The van der Waals surface area contributed by atoms with Crippen LogP contribution in [-0.4, -0.2) is 20.4 Å². The second-order valence-electron chi connectivity index (χ2n) is 4.28. The minimum Gasteiger partial charge on any atom is -0.366 e. The summed E-state index contributed by atoms with van der Waals surface area (Å²) in [6.45, 7) is 0. The van der Waals surface area contributed by atoms with Crippen LogP contribution in [0, 0.1) is 0 Å². The number of pyridine rings is 1. The molecule has 0 aliphatic heterocycles. The first-order valence-corrected chi connectivity index (χ1v) is 5.84. The summed E-state index contributed by atoms with van der Waals surface area (Å²) in [4.78, 5) is 20.0. The molecule has 0 bridgehead atoms. The molecule has 3 rings (SSSR count). The molecule has 0 saturated carbocycles. The molecule has 5 heteroatoms. The number of hydrogen-bond acceptors (Lipinski definition) is 3. The van der Waals surface area contributed by atoms with Gasteiger partial charge in [-0.05, 0) is 30.3 Å². The number of amides is 1. The number of aryl methyl sites for hydroxylation is 1. The van der Waals surface area contributed by atoms with E-state index in [2.05, 4.69) is 9.97 Å². The molecule has 1 amide bonds. The van der Waals surface area contributed by atoms with Crippen molar-refractivity contribution in [1.82, 2.24) is 14.5 Å². The lowest BCUT2D eigenvalue weighted by Crippen LogP contribution is -2.10. The number of hydrogen-bond donors (Lipinski definition) is 1. The number of primary amides is 1. The maximum absolute atomic E-state index is 11.2. The molecule has 0 aliphatic rings. The largest absolute Gasteiger partial charge is 0.366 e. The third kappa shape index (κ3) is 1.85. The summed E-state index contributed by atoms with van der Waals surface area (Å²) in [6, 6.07) is 10.9. The minimum atomic E-state index is -0.452. The number of carbonyl (C=O) groups is 1. The van der Waals surface area contributed by atoms with Crippen molar-refractivity contribution in [1.29, 1.82) is 0 Å². The first kappa shape index (κ1) is 11.4. The van der Waals surface area contributed by atoms with E-state index in [-0.39, 0.29) is 0 Å². The molecular weight excluding hydrogens is 240 g/mol. The van der Waals surface area contributed by atoms with Gasteiger partial charge in [0, 0.05) is 18.8 Å². The molecule has 2 heterocycles. The second-order valence-corrected chi connectivity index (χ2v) is 4.28. The molecule has 5 nitrogen and oxygen atoms in total. The first-order valence-electron chi connectivity index (χ1n) is 5.84. The summed E-state index contributed by atoms with van der Waals surface area (Å²) in [7, 11) is 1.92. The summed E-state index contributed by atoms with van der Waals surface area (Å²) in [6.07, 6.45) is 1.73. The number of fused-ring (bicyclic) bond motifs is 1. The Balaban J connectivity index is 2.23. The van der Waals surface area contributed by atoms with E-state index in [1.165, 1.54) is 0 Å². The second kappa shape index (κ2) is 4.20. The molecule has 0 fully saturated rings. The van der Waals surface area contributed by atoms with Gasteiger partial charge in [-0.15, -0.1) is 0 Å². The van der Waals surface area contributed by atoms with Crippen LogP contribution in [-0.2, 0) is 7.05 Å². The molecular formula is C14H12N4O. The van der Waals surface area contributed by atoms with E-state index in [0.717, 1.165) is 22.6 Å². The Morgan fingerprint density at radius 3 is 2.79 bits per heavy atom. The van der Waals surface area contributed by atoms with Crippen LogP contribution in [0.4, 0.5) is 0 Å². The molecule has 2 N–H and O–H groups in total. The van der Waals surface area contributed by atoms with Gasteiger partial charge in [-0.3, -0.25) is 9.78 Å². The number of rotatable bonds is 2. The lowest BCUT2D eigenvalue weighted by Gasteiger charge is -2.00. The molecule has 0 radical (unpaired) electrons. The minimum absolute atomic E-state index is 0.452. The zero-order valence-corrected chi connectivity index (χ0v) is 10.4. The molecule has 0 aliphatic carbocycles. The van der Waals surface area contributed by atoms with Crippen molar-refractivity contribution in [2.75, 3.05) is 0 Å². The normalized spacial score (nSPS) is 10.8. The van der Waals surface area contributed by atoms with Crippen LogP contribution in [0.1, 0.15) is 10.4 Å². The number of imidazole rings is 1. The lowest BCUT2D eigenvalue weighted by atomic mass is 10.2. The zero-order chi connectivity index (χ0) is 13.4. The third-order valence-corrected chi connectivity index (χ3v) is 3.06. The average molecular weight is 252 g/mol. The molecule has 94 valence electrons. The third-order valence-electron chi connectivity index (χ3n) is 3.06. The Labute approximate surface area is 109 Å². The number of carbonyl (C=O) groups excluding carboxylic acids is 1. The van der Waals surface area contributed by atoms with Crippen LogP contribution in [0.25, 0.3) is 22.6 Å². The highest BCUT2D eigenvalue weighted by Crippen LogP contribution is 2.22. The van der Waals surface area contributed by atoms with Crippen LogP contribution in [0.3, 0.4) is 0 Å². The fraction of sp³-hybridized carbons (Fsp3) is 0.0714. The number of aromatic nitrogens is 3. The fourth-order valence-electron chi connectivity index (χ4n) is 2.08. The number of nitrogens with two attached hydrogens (primary N) is 1. The van der Waals surface area contributed by atoms with Crippen LogP contribution in [0.2, 0.25) is 0 Å². The van der Waals surface area contributed by atoms with E-state index < -0.39 is 5.91 Å². The van der Waals surface area contributed by atoms with Crippen LogP contribution < -0.4 is 5.73 Å². The Bertz CT molecular complexity index is 762. The number of nitrogens with zero attached hydrogens (tertiary/aromatic N) is 3. The average Bonchev–Trinajstić information content (AvgIpc) is 2.76. The lowest BCUT2D eigenvalue weighted by molar-refractivity contribution is 0.100. The molecule has 19 heavy (non-hydrogen) atoms. The van der Waals surface area contributed by atoms with Crippen LogP contribution >= 0.6 is 0 Å². The van der Waals surface area contributed by atoms with Gasteiger partial charge < -0.3 is 10.3 Å². The quantitative estimate of drug-likeness (QED) is 0.754. The van der Waals surface area contributed by atoms with Gasteiger partial charge in [-0.2, -0.15) is 0 Å². The Hall–Kier alpha value is -2.69. The Morgan fingerprint density at radius 2 is 2.11 bits per heavy atom. The predicted octanol–water partition coefficient (Wildman–Crippen LogP) is 1.73. The van der Waals surface area contributed by atoms with Crippen molar-refractivity contribution in [2.45, 2.75) is 0 Å². The van der Waals surface area contributed by atoms with Crippen LogP contribution in [0.5, 0.6) is 0 Å². The van der Waals surface area contributed by atoms with Gasteiger partial charge in [-0.25, -0.2) is 4.98 Å². The SMILES string of the molecule is Cn1c(-c2ccccn2)nc2cc(C(N)=O)ccc21. The van der Waals surface area contributed by atoms with Crippen molar-refractivity contribution >= 4 is 16.9 Å². The number of benzene rings is 1. The van der Waals surface area contributed by atoms with Crippen molar-refractivity contribution in [3.63, 3.8) is 0 Å². The van der Waals surface area contributed by atoms with E-state index in [0.29, 0.717) is 5.56 Å². The molecule has 0 unspecified atom stereocenters. The van der Waals surface area contributed by atoms with E-state index in [4.69, 9.17) is 5.73 Å². The topological polar surface area (TPSA) is 73.8 Å². The molecule has 2 aromatic heterocycles. The van der Waals surface area contributed by atoms with Gasteiger partial charge in [0.2, 0.25) is 5.91 Å².